The topological polar surface area (TPSA) is 49.3 Å². The normalized spacial score (nSPS) is 12.5. The predicted octanol–water partition coefficient (Wildman–Crippen LogP) is 2.97. The molecule has 1 unspecified atom stereocenters. The zero-order valence-corrected chi connectivity index (χ0v) is 10.3. The summed E-state index contributed by atoms with van der Waals surface area (Å²) in [6, 6.07) is 6.90. The molecule has 4 heteroatoms. The second-order valence-corrected chi connectivity index (χ2v) is 4.63. The molecule has 0 aromatic heterocycles. The van der Waals surface area contributed by atoms with Crippen LogP contribution in [0.25, 0.3) is 0 Å². The highest BCUT2D eigenvalue weighted by Crippen LogP contribution is 2.16. The van der Waals surface area contributed by atoms with Gasteiger partial charge in [-0.25, -0.2) is 4.79 Å². The van der Waals surface area contributed by atoms with Gasteiger partial charge in [-0.3, -0.25) is 0 Å². The van der Waals surface area contributed by atoms with Crippen LogP contribution in [0.3, 0.4) is 0 Å². The van der Waals surface area contributed by atoms with Crippen molar-refractivity contribution < 1.29 is 9.90 Å². The first-order valence-corrected chi connectivity index (χ1v) is 5.55. The number of aliphatic carboxylic acids is 1. The smallest absolute Gasteiger partial charge is 0.326 e. The van der Waals surface area contributed by atoms with Crippen molar-refractivity contribution in [2.45, 2.75) is 19.9 Å². The lowest BCUT2D eigenvalue weighted by Gasteiger charge is -2.19. The van der Waals surface area contributed by atoms with Gasteiger partial charge in [0, 0.05) is 10.2 Å². The molecule has 0 aliphatic rings. The van der Waals surface area contributed by atoms with Crippen molar-refractivity contribution in [3.8, 4) is 0 Å². The second kappa shape index (κ2) is 5.16. The Morgan fingerprint density at radius 2 is 1.87 bits per heavy atom. The molecule has 0 amide bonds. The number of carbonyl (C=O) groups is 1. The number of benzene rings is 1. The average molecular weight is 272 g/mol. The molecule has 0 radical (unpaired) electrons. The van der Waals surface area contributed by atoms with E-state index in [2.05, 4.69) is 21.2 Å². The van der Waals surface area contributed by atoms with Gasteiger partial charge in [0.15, 0.2) is 0 Å². The Labute approximate surface area is 97.6 Å². The van der Waals surface area contributed by atoms with Crippen LogP contribution in [0.5, 0.6) is 0 Å². The van der Waals surface area contributed by atoms with Crippen LogP contribution in [-0.2, 0) is 4.79 Å². The molecular weight excluding hydrogens is 258 g/mol. The summed E-state index contributed by atoms with van der Waals surface area (Å²) in [6.45, 7) is 3.76. The van der Waals surface area contributed by atoms with E-state index < -0.39 is 12.0 Å². The maximum Gasteiger partial charge on any atom is 0.326 e. The van der Waals surface area contributed by atoms with Crippen LogP contribution in [0.15, 0.2) is 28.7 Å². The van der Waals surface area contributed by atoms with Crippen molar-refractivity contribution in [2.75, 3.05) is 5.32 Å². The Morgan fingerprint density at radius 3 is 2.27 bits per heavy atom. The van der Waals surface area contributed by atoms with Crippen LogP contribution < -0.4 is 5.32 Å². The third-order valence-corrected chi connectivity index (χ3v) is 2.63. The van der Waals surface area contributed by atoms with Crippen molar-refractivity contribution in [2.24, 2.45) is 5.92 Å². The number of anilines is 1. The molecule has 0 saturated heterocycles. The summed E-state index contributed by atoms with van der Waals surface area (Å²) in [7, 11) is 0. The number of halogens is 1. The number of carboxylic acids is 1. The number of nitrogens with one attached hydrogen (secondary N) is 1. The molecule has 0 aliphatic heterocycles. The van der Waals surface area contributed by atoms with Crippen molar-refractivity contribution in [3.63, 3.8) is 0 Å². The molecule has 0 bridgehead atoms. The van der Waals surface area contributed by atoms with E-state index in [4.69, 9.17) is 5.11 Å². The monoisotopic (exact) mass is 271 g/mol. The Hall–Kier alpha value is -1.03. The predicted molar refractivity (Wildman–Crippen MR) is 64.0 cm³/mol. The third-order valence-electron chi connectivity index (χ3n) is 2.10. The summed E-state index contributed by atoms with van der Waals surface area (Å²) in [5.41, 5.74) is 0.819. The summed E-state index contributed by atoms with van der Waals surface area (Å²) >= 11 is 3.33. The molecule has 0 saturated carbocycles. The van der Waals surface area contributed by atoms with Crippen molar-refractivity contribution in [1.82, 2.24) is 0 Å². The summed E-state index contributed by atoms with van der Waals surface area (Å²) < 4.78 is 0.976. The maximum absolute atomic E-state index is 10.9. The van der Waals surface area contributed by atoms with Gasteiger partial charge >= 0.3 is 5.97 Å². The molecular formula is C11H14BrNO2. The number of carboxylic acid groups (broad SMARTS) is 1. The summed E-state index contributed by atoms with van der Waals surface area (Å²) in [5, 5.41) is 12.0. The molecule has 1 atom stereocenters. The first-order valence-electron chi connectivity index (χ1n) is 4.75. The van der Waals surface area contributed by atoms with Crippen LogP contribution in [0, 0.1) is 5.92 Å². The maximum atomic E-state index is 10.9. The van der Waals surface area contributed by atoms with E-state index in [0.29, 0.717) is 0 Å². The van der Waals surface area contributed by atoms with Crippen LogP contribution in [0.1, 0.15) is 13.8 Å². The minimum absolute atomic E-state index is 0.0474. The van der Waals surface area contributed by atoms with Gasteiger partial charge in [-0.1, -0.05) is 29.8 Å². The van der Waals surface area contributed by atoms with E-state index in [1.165, 1.54) is 0 Å². The van der Waals surface area contributed by atoms with Gasteiger partial charge in [0.05, 0.1) is 0 Å². The van der Waals surface area contributed by atoms with E-state index in [-0.39, 0.29) is 5.92 Å². The van der Waals surface area contributed by atoms with Crippen molar-refractivity contribution in [1.29, 1.82) is 0 Å². The summed E-state index contributed by atoms with van der Waals surface area (Å²) in [5.74, 6) is -0.779. The quantitative estimate of drug-likeness (QED) is 0.885. The number of hydrogen-bond acceptors (Lipinski definition) is 2. The van der Waals surface area contributed by atoms with E-state index in [1.807, 2.05) is 38.1 Å². The highest BCUT2D eigenvalue weighted by atomic mass is 79.9. The Kier molecular flexibility index (Phi) is 4.15. The lowest BCUT2D eigenvalue weighted by atomic mass is 10.0. The minimum atomic E-state index is -0.826. The van der Waals surface area contributed by atoms with Crippen molar-refractivity contribution >= 4 is 27.6 Å². The van der Waals surface area contributed by atoms with Gasteiger partial charge in [-0.05, 0) is 30.2 Å². The fraction of sp³-hybridized carbons (Fsp3) is 0.364. The molecule has 1 aromatic rings. The lowest BCUT2D eigenvalue weighted by Crippen LogP contribution is -2.34. The van der Waals surface area contributed by atoms with E-state index in [9.17, 15) is 4.79 Å². The van der Waals surface area contributed by atoms with Crippen LogP contribution in [0.4, 0.5) is 5.69 Å². The summed E-state index contributed by atoms with van der Waals surface area (Å²) in [6.07, 6.45) is 0. The standard InChI is InChI=1S/C11H14BrNO2/c1-7(2)10(11(14)15)13-9-5-3-8(12)4-6-9/h3-7,10,13H,1-2H3,(H,14,15). The molecule has 15 heavy (non-hydrogen) atoms. The summed E-state index contributed by atoms with van der Waals surface area (Å²) in [4.78, 5) is 10.9. The Bertz CT molecular complexity index is 335. The van der Waals surface area contributed by atoms with Crippen LogP contribution in [0.2, 0.25) is 0 Å². The van der Waals surface area contributed by atoms with Gasteiger partial charge in [-0.15, -0.1) is 0 Å². The van der Waals surface area contributed by atoms with Gasteiger partial charge < -0.3 is 10.4 Å². The molecule has 0 aliphatic carbocycles. The molecule has 0 spiro atoms. The molecule has 3 nitrogen and oxygen atoms in total. The third kappa shape index (κ3) is 3.55. The largest absolute Gasteiger partial charge is 0.480 e. The fourth-order valence-corrected chi connectivity index (χ4v) is 1.50. The lowest BCUT2D eigenvalue weighted by molar-refractivity contribution is -0.138. The van der Waals surface area contributed by atoms with Gasteiger partial charge in [0.1, 0.15) is 6.04 Å². The van der Waals surface area contributed by atoms with Gasteiger partial charge in [0.2, 0.25) is 0 Å². The van der Waals surface area contributed by atoms with Crippen LogP contribution in [-0.4, -0.2) is 17.1 Å². The molecule has 82 valence electrons. The highest BCUT2D eigenvalue weighted by molar-refractivity contribution is 9.10. The van der Waals surface area contributed by atoms with E-state index in [0.717, 1.165) is 10.2 Å². The average Bonchev–Trinajstić information content (AvgIpc) is 2.15. The minimum Gasteiger partial charge on any atom is -0.480 e. The molecule has 1 aromatic carbocycles. The zero-order chi connectivity index (χ0) is 11.4. The fourth-order valence-electron chi connectivity index (χ4n) is 1.24. The first-order chi connectivity index (χ1) is 7.00. The van der Waals surface area contributed by atoms with E-state index in [1.54, 1.807) is 0 Å². The second-order valence-electron chi connectivity index (χ2n) is 3.71. The zero-order valence-electron chi connectivity index (χ0n) is 8.70. The van der Waals surface area contributed by atoms with E-state index >= 15 is 0 Å². The van der Waals surface area contributed by atoms with Gasteiger partial charge in [0.25, 0.3) is 0 Å². The van der Waals surface area contributed by atoms with Crippen molar-refractivity contribution in [3.05, 3.63) is 28.7 Å². The highest BCUT2D eigenvalue weighted by Gasteiger charge is 2.20. The number of hydrogen-bond donors (Lipinski definition) is 2. The Balaban J connectivity index is 2.74. The molecule has 0 fully saturated rings. The first kappa shape index (κ1) is 12.0. The SMILES string of the molecule is CC(C)C(Nc1ccc(Br)cc1)C(=O)O. The number of rotatable bonds is 4. The van der Waals surface area contributed by atoms with Gasteiger partial charge in [-0.2, -0.15) is 0 Å². The molecule has 2 N–H and O–H groups in total. The van der Waals surface area contributed by atoms with Crippen LogP contribution >= 0.6 is 15.9 Å². The molecule has 0 heterocycles. The molecule has 1 rings (SSSR count). The Morgan fingerprint density at radius 1 is 1.33 bits per heavy atom.